The number of allylic oxidation sites excluding steroid dienone is 4. The topological polar surface area (TPSA) is 58.2 Å². The number of hydrogen-bond acceptors (Lipinski definition) is 4. The normalized spacial score (nSPS) is 39.5. The molecular formula is C23H34N2O2. The number of ketones is 2. The van der Waals surface area contributed by atoms with Gasteiger partial charge in [0.15, 0.2) is 11.6 Å². The largest absolute Gasteiger partial charge is 0.386 e. The highest BCUT2D eigenvalue weighted by Crippen LogP contribution is 2.68. The summed E-state index contributed by atoms with van der Waals surface area (Å²) in [5.74, 6) is 2.61. The van der Waals surface area contributed by atoms with E-state index >= 15 is 0 Å². The van der Waals surface area contributed by atoms with Gasteiger partial charge in [-0.3, -0.25) is 9.59 Å². The summed E-state index contributed by atoms with van der Waals surface area (Å²) in [4.78, 5) is 24.7. The lowest BCUT2D eigenvalue weighted by Crippen LogP contribution is -2.36. The van der Waals surface area contributed by atoms with Crippen LogP contribution in [0.4, 0.5) is 0 Å². The number of fused-ring (bicyclic) bond motifs is 2. The highest BCUT2D eigenvalue weighted by Gasteiger charge is 2.66. The molecule has 4 aliphatic rings. The predicted molar refractivity (Wildman–Crippen MR) is 107 cm³/mol. The van der Waals surface area contributed by atoms with Crippen molar-refractivity contribution in [2.24, 2.45) is 34.5 Å². The Balaban J connectivity index is 1.39. The maximum absolute atomic E-state index is 12.3. The van der Waals surface area contributed by atoms with Gasteiger partial charge in [-0.15, -0.1) is 0 Å². The zero-order valence-electron chi connectivity index (χ0n) is 17.8. The fraction of sp³-hybridized carbons (Fsp3) is 0.739. The molecule has 2 N–H and O–H groups in total. The molecule has 4 saturated carbocycles. The summed E-state index contributed by atoms with van der Waals surface area (Å²) >= 11 is 0. The van der Waals surface area contributed by atoms with E-state index in [4.69, 9.17) is 0 Å². The molecule has 0 aliphatic heterocycles. The first-order chi connectivity index (χ1) is 12.5. The summed E-state index contributed by atoms with van der Waals surface area (Å²) < 4.78 is 0. The number of Topliss-reactive ketones (excluding diaryl/α,β-unsaturated/α-hetero) is 2. The summed E-state index contributed by atoms with van der Waals surface area (Å²) in [6, 6.07) is 0.196. The minimum Gasteiger partial charge on any atom is -0.386 e. The van der Waals surface area contributed by atoms with Crippen LogP contribution >= 0.6 is 0 Å². The van der Waals surface area contributed by atoms with Crippen LogP contribution in [0.2, 0.25) is 0 Å². The Bertz CT molecular complexity index is 786. The van der Waals surface area contributed by atoms with Crippen LogP contribution in [0.1, 0.15) is 61.3 Å². The van der Waals surface area contributed by atoms with E-state index in [1.807, 2.05) is 13.8 Å². The van der Waals surface area contributed by atoms with Gasteiger partial charge in [0.1, 0.15) is 0 Å². The lowest BCUT2D eigenvalue weighted by molar-refractivity contribution is -0.116. The lowest BCUT2D eigenvalue weighted by atomic mass is 9.95. The van der Waals surface area contributed by atoms with Gasteiger partial charge in [0, 0.05) is 48.0 Å². The third-order valence-electron chi connectivity index (χ3n) is 8.08. The molecule has 148 valence electrons. The highest BCUT2D eigenvalue weighted by atomic mass is 16.1. The second-order valence-corrected chi connectivity index (χ2v) is 10.6. The van der Waals surface area contributed by atoms with E-state index in [0.717, 1.165) is 29.1 Å². The van der Waals surface area contributed by atoms with Crippen molar-refractivity contribution in [3.63, 3.8) is 0 Å². The summed E-state index contributed by atoms with van der Waals surface area (Å²) in [7, 11) is 0. The molecule has 0 bridgehead atoms. The van der Waals surface area contributed by atoms with Gasteiger partial charge >= 0.3 is 0 Å². The highest BCUT2D eigenvalue weighted by molar-refractivity contribution is 6.01. The van der Waals surface area contributed by atoms with Gasteiger partial charge in [-0.05, 0) is 55.3 Å². The molecule has 0 amide bonds. The summed E-state index contributed by atoms with van der Waals surface area (Å²) in [5, 5.41) is 7.01. The fourth-order valence-electron chi connectivity index (χ4n) is 6.15. The third-order valence-corrected chi connectivity index (χ3v) is 8.08. The van der Waals surface area contributed by atoms with Crippen LogP contribution in [0.3, 0.4) is 0 Å². The Morgan fingerprint density at radius 1 is 0.926 bits per heavy atom. The Labute approximate surface area is 163 Å². The molecule has 0 aromatic carbocycles. The van der Waals surface area contributed by atoms with Crippen LogP contribution in [0.15, 0.2) is 22.5 Å². The average molecular weight is 371 g/mol. The Morgan fingerprint density at radius 2 is 1.37 bits per heavy atom. The first-order valence-electron chi connectivity index (χ1n) is 10.5. The Hall–Kier alpha value is -1.58. The molecule has 0 saturated heterocycles. The average Bonchev–Trinajstić information content (AvgIpc) is 3.08. The second-order valence-electron chi connectivity index (χ2n) is 10.6. The van der Waals surface area contributed by atoms with E-state index in [9.17, 15) is 9.59 Å². The molecule has 4 heteroatoms. The van der Waals surface area contributed by atoms with Crippen molar-refractivity contribution in [2.75, 3.05) is 6.54 Å². The molecule has 4 rings (SSSR count). The van der Waals surface area contributed by atoms with Gasteiger partial charge in [-0.1, -0.05) is 27.7 Å². The van der Waals surface area contributed by atoms with Crippen LogP contribution in [0, 0.1) is 34.5 Å². The SMILES string of the molecule is C/C(NC[C@H](C)N/C(C)=C1\C(=O)C[C@@H]2[C@H]1C2(C)C)=C1/C(=O)C[C@@H]2[C@H]1C2(C)C. The Morgan fingerprint density at radius 3 is 1.81 bits per heavy atom. The lowest BCUT2D eigenvalue weighted by Gasteiger charge is -2.21. The molecule has 5 atom stereocenters. The molecule has 0 spiro atoms. The van der Waals surface area contributed by atoms with E-state index < -0.39 is 0 Å². The number of nitrogens with one attached hydrogen (secondary N) is 2. The van der Waals surface area contributed by atoms with Crippen molar-refractivity contribution >= 4 is 11.6 Å². The standard InChI is InChI=1S/C23H34N2O2/c1-11(25-13(3)19-17(27)9-15-21(19)23(15,6)7)10-24-12(2)18-16(26)8-14-20(18)22(14,4)5/h11,14-15,20-21,24-25H,8-10H2,1-7H3/b18-12+,19-13+/t11-,14+,15+,20+,21+/m0/s1. The van der Waals surface area contributed by atoms with Crippen molar-refractivity contribution < 1.29 is 9.59 Å². The van der Waals surface area contributed by atoms with Crippen LogP contribution < -0.4 is 10.6 Å². The van der Waals surface area contributed by atoms with Gasteiger partial charge in [0.2, 0.25) is 0 Å². The first-order valence-corrected chi connectivity index (χ1v) is 10.5. The molecule has 4 nitrogen and oxygen atoms in total. The zero-order chi connectivity index (χ0) is 19.9. The third kappa shape index (κ3) is 2.70. The van der Waals surface area contributed by atoms with Gasteiger partial charge in [0.05, 0.1) is 0 Å². The minimum atomic E-state index is 0.196. The fourth-order valence-corrected chi connectivity index (χ4v) is 6.15. The number of rotatable bonds is 5. The van der Waals surface area contributed by atoms with E-state index in [1.165, 1.54) is 0 Å². The Kier molecular flexibility index (Phi) is 3.97. The quantitative estimate of drug-likeness (QED) is 0.726. The first kappa shape index (κ1) is 18.8. The smallest absolute Gasteiger partial charge is 0.161 e. The molecule has 0 aromatic heterocycles. The molecule has 0 heterocycles. The van der Waals surface area contributed by atoms with Gasteiger partial charge in [-0.2, -0.15) is 0 Å². The van der Waals surface area contributed by atoms with Crippen molar-refractivity contribution in [3.05, 3.63) is 22.5 Å². The van der Waals surface area contributed by atoms with Crippen molar-refractivity contribution in [2.45, 2.75) is 67.3 Å². The number of hydrogen-bond donors (Lipinski definition) is 2. The predicted octanol–water partition coefficient (Wildman–Crippen LogP) is 3.59. The maximum atomic E-state index is 12.3. The summed E-state index contributed by atoms with van der Waals surface area (Å²) in [5.41, 5.74) is 4.70. The van der Waals surface area contributed by atoms with Gasteiger partial charge in [0.25, 0.3) is 0 Å². The summed E-state index contributed by atoms with van der Waals surface area (Å²) in [6.07, 6.45) is 1.43. The van der Waals surface area contributed by atoms with Crippen LogP contribution in [0.5, 0.6) is 0 Å². The molecule has 0 unspecified atom stereocenters. The van der Waals surface area contributed by atoms with Crippen molar-refractivity contribution in [1.29, 1.82) is 0 Å². The van der Waals surface area contributed by atoms with Crippen molar-refractivity contribution in [1.82, 2.24) is 10.6 Å². The molecule has 0 radical (unpaired) electrons. The molecule has 27 heavy (non-hydrogen) atoms. The van der Waals surface area contributed by atoms with Crippen LogP contribution in [0.25, 0.3) is 0 Å². The van der Waals surface area contributed by atoms with E-state index in [0.29, 0.717) is 48.1 Å². The maximum Gasteiger partial charge on any atom is 0.161 e. The monoisotopic (exact) mass is 370 g/mol. The van der Waals surface area contributed by atoms with E-state index in [1.54, 1.807) is 0 Å². The minimum absolute atomic E-state index is 0.196. The van der Waals surface area contributed by atoms with Crippen LogP contribution in [-0.4, -0.2) is 24.2 Å². The molecular weight excluding hydrogens is 336 g/mol. The van der Waals surface area contributed by atoms with E-state index in [2.05, 4.69) is 45.3 Å². The van der Waals surface area contributed by atoms with Crippen LogP contribution in [-0.2, 0) is 9.59 Å². The number of carbonyl (C=O) groups excluding carboxylic acids is 2. The second kappa shape index (κ2) is 5.71. The molecule has 4 fully saturated rings. The zero-order valence-corrected chi connectivity index (χ0v) is 17.8. The van der Waals surface area contributed by atoms with Crippen molar-refractivity contribution in [3.8, 4) is 0 Å². The van der Waals surface area contributed by atoms with E-state index in [-0.39, 0.29) is 16.9 Å². The van der Waals surface area contributed by atoms with Gasteiger partial charge in [-0.25, -0.2) is 0 Å². The number of carbonyl (C=O) groups is 2. The van der Waals surface area contributed by atoms with Gasteiger partial charge < -0.3 is 10.6 Å². The molecule has 4 aliphatic carbocycles. The molecule has 0 aromatic rings. The summed E-state index contributed by atoms with van der Waals surface area (Å²) in [6.45, 7) is 16.0.